The maximum Gasteiger partial charge on any atom is -0.0259 e. The minimum Gasteiger partial charge on any atom is -0.0877 e. The first-order chi connectivity index (χ1) is 4.81. The van der Waals surface area contributed by atoms with Crippen LogP contribution >= 0.6 is 0 Å². The van der Waals surface area contributed by atoms with Gasteiger partial charge in [-0.1, -0.05) is 44.6 Å². The fourth-order valence-corrected chi connectivity index (χ4v) is 0.917. The highest BCUT2D eigenvalue weighted by Gasteiger charge is 1.90. The molecule has 0 heterocycles. The highest BCUT2D eigenvalue weighted by molar-refractivity contribution is 5.02. The minimum atomic E-state index is 0.737. The van der Waals surface area contributed by atoms with Gasteiger partial charge in [0, 0.05) is 0 Å². The second-order valence-electron chi connectivity index (χ2n) is 2.68. The summed E-state index contributed by atoms with van der Waals surface area (Å²) in [4.78, 5) is 0. The molecule has 0 bridgehead atoms. The lowest BCUT2D eigenvalue weighted by Gasteiger charge is -2.00. The Bertz CT molecular complexity index is 109. The van der Waals surface area contributed by atoms with Gasteiger partial charge in [0.2, 0.25) is 0 Å². The molecule has 58 valence electrons. The molecule has 10 heavy (non-hydrogen) atoms. The lowest BCUT2D eigenvalue weighted by molar-refractivity contribution is 0.634. The van der Waals surface area contributed by atoms with E-state index in [0.717, 1.165) is 5.92 Å². The lowest BCUT2D eigenvalue weighted by atomic mass is 10.1. The van der Waals surface area contributed by atoms with Crippen LogP contribution in [0.25, 0.3) is 0 Å². The largest absolute Gasteiger partial charge is 0.0877 e. The summed E-state index contributed by atoms with van der Waals surface area (Å²) in [5, 5.41) is 0. The molecule has 0 spiro atoms. The summed E-state index contributed by atoms with van der Waals surface area (Å²) >= 11 is 0. The van der Waals surface area contributed by atoms with Crippen LogP contribution in [0.2, 0.25) is 0 Å². The van der Waals surface area contributed by atoms with E-state index >= 15 is 0 Å². The van der Waals surface area contributed by atoms with Crippen LogP contribution in [0.1, 0.15) is 33.6 Å². The maximum atomic E-state index is 2.25. The first-order valence-electron chi connectivity index (χ1n) is 4.10. The highest BCUT2D eigenvalue weighted by atomic mass is 14.0. The molecule has 0 N–H and O–H groups in total. The number of rotatable bonds is 4. The fourth-order valence-electron chi connectivity index (χ4n) is 0.917. The van der Waals surface area contributed by atoms with Crippen LogP contribution in [0, 0.1) is 5.92 Å². The smallest absolute Gasteiger partial charge is 0.0259 e. The predicted molar refractivity (Wildman–Crippen MR) is 48.0 cm³/mol. The van der Waals surface area contributed by atoms with Gasteiger partial charge in [-0.15, -0.1) is 0 Å². The van der Waals surface area contributed by atoms with Gasteiger partial charge in [0.25, 0.3) is 0 Å². The Morgan fingerprint density at radius 1 is 1.30 bits per heavy atom. The van der Waals surface area contributed by atoms with Gasteiger partial charge in [0.15, 0.2) is 0 Å². The van der Waals surface area contributed by atoms with Crippen molar-refractivity contribution in [2.75, 3.05) is 0 Å². The van der Waals surface area contributed by atoms with Crippen LogP contribution in [-0.4, -0.2) is 0 Å². The van der Waals surface area contributed by atoms with Crippen molar-refractivity contribution in [2.45, 2.75) is 33.6 Å². The maximum absolute atomic E-state index is 2.25. The van der Waals surface area contributed by atoms with Crippen molar-refractivity contribution < 1.29 is 0 Å². The van der Waals surface area contributed by atoms with Crippen LogP contribution in [0.3, 0.4) is 0 Å². The zero-order valence-corrected chi connectivity index (χ0v) is 7.30. The third-order valence-corrected chi connectivity index (χ3v) is 1.49. The Balaban J connectivity index is 3.44. The summed E-state index contributed by atoms with van der Waals surface area (Å²) in [5.74, 6) is 0.737. The normalized spacial score (nSPS) is 15.1. The average molecular weight is 138 g/mol. The average Bonchev–Trinajstić information content (AvgIpc) is 1.89. The van der Waals surface area contributed by atoms with E-state index in [1.54, 1.807) is 0 Å². The molecule has 0 amide bonds. The van der Waals surface area contributed by atoms with Crippen LogP contribution < -0.4 is 0 Å². The fraction of sp³-hybridized carbons (Fsp3) is 0.600. The van der Waals surface area contributed by atoms with Crippen molar-refractivity contribution in [1.29, 1.82) is 0 Å². The van der Waals surface area contributed by atoms with E-state index in [2.05, 4.69) is 38.2 Å². The topological polar surface area (TPSA) is 0 Å². The molecule has 0 aliphatic heterocycles. The number of hydrogen-bond acceptors (Lipinski definition) is 0. The third-order valence-electron chi connectivity index (χ3n) is 1.49. The van der Waals surface area contributed by atoms with Crippen molar-refractivity contribution in [1.82, 2.24) is 0 Å². The van der Waals surface area contributed by atoms with Gasteiger partial charge in [0.05, 0.1) is 0 Å². The molecule has 0 fully saturated rings. The van der Waals surface area contributed by atoms with E-state index in [0.29, 0.717) is 0 Å². The van der Waals surface area contributed by atoms with Gasteiger partial charge < -0.3 is 0 Å². The van der Waals surface area contributed by atoms with Gasteiger partial charge in [-0.25, -0.2) is 0 Å². The Labute approximate surface area is 64.6 Å². The van der Waals surface area contributed by atoms with Crippen LogP contribution in [-0.2, 0) is 0 Å². The Hall–Kier alpha value is -0.520. The quantitative estimate of drug-likeness (QED) is 0.521. The van der Waals surface area contributed by atoms with Gasteiger partial charge in [0.1, 0.15) is 0 Å². The Morgan fingerprint density at radius 2 is 2.00 bits per heavy atom. The van der Waals surface area contributed by atoms with E-state index in [-0.39, 0.29) is 0 Å². The van der Waals surface area contributed by atoms with E-state index in [9.17, 15) is 0 Å². The van der Waals surface area contributed by atoms with Crippen molar-refractivity contribution in [3.05, 3.63) is 24.3 Å². The first kappa shape index (κ1) is 9.48. The van der Waals surface area contributed by atoms with Crippen LogP contribution in [0.4, 0.5) is 0 Å². The molecule has 1 atom stereocenters. The SMILES string of the molecule is C/C=C\C=C/C(C)CCC. The summed E-state index contributed by atoms with van der Waals surface area (Å²) in [6, 6.07) is 0. The molecular weight excluding hydrogens is 120 g/mol. The first-order valence-corrected chi connectivity index (χ1v) is 4.10. The molecule has 1 unspecified atom stereocenters. The van der Waals surface area contributed by atoms with Crippen molar-refractivity contribution in [3.63, 3.8) is 0 Å². The van der Waals surface area contributed by atoms with Crippen molar-refractivity contribution in [2.24, 2.45) is 5.92 Å². The van der Waals surface area contributed by atoms with E-state index in [1.165, 1.54) is 12.8 Å². The van der Waals surface area contributed by atoms with E-state index < -0.39 is 0 Å². The molecule has 0 aliphatic rings. The lowest BCUT2D eigenvalue weighted by Crippen LogP contribution is -1.85. The van der Waals surface area contributed by atoms with Gasteiger partial charge >= 0.3 is 0 Å². The number of allylic oxidation sites excluding steroid dienone is 4. The van der Waals surface area contributed by atoms with Crippen LogP contribution in [0.5, 0.6) is 0 Å². The summed E-state index contributed by atoms with van der Waals surface area (Å²) in [6.07, 6.45) is 11.1. The molecule has 0 aliphatic carbocycles. The minimum absolute atomic E-state index is 0.737. The van der Waals surface area contributed by atoms with E-state index in [4.69, 9.17) is 0 Å². The van der Waals surface area contributed by atoms with Crippen LogP contribution in [0.15, 0.2) is 24.3 Å². The summed E-state index contributed by atoms with van der Waals surface area (Å²) in [5.41, 5.74) is 0. The standard InChI is InChI=1S/C10H18/c1-4-6-7-9-10(3)8-5-2/h4,6-7,9-10H,5,8H2,1-3H3/b6-4-,9-7-. The van der Waals surface area contributed by atoms with Crippen molar-refractivity contribution >= 4 is 0 Å². The summed E-state index contributed by atoms with van der Waals surface area (Å²) in [6.45, 7) is 6.51. The molecular formula is C10H18. The van der Waals surface area contributed by atoms with Gasteiger partial charge in [-0.3, -0.25) is 0 Å². The molecule has 0 radical (unpaired) electrons. The second kappa shape index (κ2) is 6.60. The number of hydrogen-bond donors (Lipinski definition) is 0. The zero-order chi connectivity index (χ0) is 7.82. The molecule has 0 aromatic heterocycles. The van der Waals surface area contributed by atoms with E-state index in [1.807, 2.05) is 6.92 Å². The summed E-state index contributed by atoms with van der Waals surface area (Å²) in [7, 11) is 0. The molecule has 0 saturated heterocycles. The predicted octanol–water partition coefficient (Wildman–Crippen LogP) is 3.55. The summed E-state index contributed by atoms with van der Waals surface area (Å²) < 4.78 is 0. The Kier molecular flexibility index (Phi) is 6.25. The van der Waals surface area contributed by atoms with Gasteiger partial charge in [-0.2, -0.15) is 0 Å². The zero-order valence-electron chi connectivity index (χ0n) is 7.30. The molecule has 0 nitrogen and oxygen atoms in total. The highest BCUT2D eigenvalue weighted by Crippen LogP contribution is 2.05. The third kappa shape index (κ3) is 5.61. The molecule has 0 aromatic carbocycles. The molecule has 0 heteroatoms. The van der Waals surface area contributed by atoms with Crippen molar-refractivity contribution in [3.8, 4) is 0 Å². The van der Waals surface area contributed by atoms with Gasteiger partial charge in [-0.05, 0) is 19.3 Å². The Morgan fingerprint density at radius 3 is 2.50 bits per heavy atom. The molecule has 0 saturated carbocycles. The molecule has 0 rings (SSSR count). The molecule has 0 aromatic rings. The second-order valence-corrected chi connectivity index (χ2v) is 2.68. The monoisotopic (exact) mass is 138 g/mol.